The molecular formula is C24H22F3NO4S. The van der Waals surface area contributed by atoms with Crippen LogP contribution >= 0.6 is 11.3 Å². The molecule has 2 aromatic carbocycles. The third kappa shape index (κ3) is 6.58. The van der Waals surface area contributed by atoms with Crippen molar-refractivity contribution in [1.29, 1.82) is 0 Å². The number of nitrogens with one attached hydrogen (secondary N) is 1. The minimum absolute atomic E-state index is 0.0997. The molecule has 0 spiro atoms. The van der Waals surface area contributed by atoms with Crippen LogP contribution in [0.2, 0.25) is 0 Å². The number of carbonyl (C=O) groups is 2. The zero-order chi connectivity index (χ0) is 24.0. The Morgan fingerprint density at radius 3 is 2.15 bits per heavy atom. The number of ether oxygens (including phenoxy) is 2. The predicted octanol–water partition coefficient (Wildman–Crippen LogP) is 5.87. The van der Waals surface area contributed by atoms with Crippen LogP contribution in [-0.2, 0) is 15.7 Å². The van der Waals surface area contributed by atoms with E-state index in [4.69, 9.17) is 4.74 Å². The monoisotopic (exact) mass is 477 g/mol. The molecule has 0 unspecified atom stereocenters. The molecular weight excluding hydrogens is 455 g/mol. The molecule has 3 aromatic rings. The number of benzene rings is 2. The molecule has 1 atom stereocenters. The zero-order valence-electron chi connectivity index (χ0n) is 17.9. The molecule has 1 amide bonds. The largest absolute Gasteiger partial charge is 0.485 e. The van der Waals surface area contributed by atoms with Gasteiger partial charge in [-0.05, 0) is 54.4 Å². The molecule has 1 heterocycles. The number of hydrogen-bond acceptors (Lipinski definition) is 5. The van der Waals surface area contributed by atoms with E-state index in [1.165, 1.54) is 30.6 Å². The van der Waals surface area contributed by atoms with Crippen molar-refractivity contribution in [3.8, 4) is 16.9 Å². The molecule has 0 saturated heterocycles. The summed E-state index contributed by atoms with van der Waals surface area (Å²) in [5.41, 5.74) is 0.752. The zero-order valence-corrected chi connectivity index (χ0v) is 18.8. The van der Waals surface area contributed by atoms with Crippen molar-refractivity contribution in [3.05, 3.63) is 76.0 Å². The molecule has 1 aromatic heterocycles. The summed E-state index contributed by atoms with van der Waals surface area (Å²) in [6.45, 7) is 2.05. The van der Waals surface area contributed by atoms with Gasteiger partial charge in [0.05, 0.1) is 24.0 Å². The van der Waals surface area contributed by atoms with Gasteiger partial charge in [0, 0.05) is 11.4 Å². The number of rotatable bonds is 8. The lowest BCUT2D eigenvalue weighted by atomic mass is 10.0. The quantitative estimate of drug-likeness (QED) is 0.413. The standard InChI is InChI=1S/C24H22F3NO4S/c1-15(20-11-12-21(33-20)23(30)28-14-13-22(29)31-2)32-19-9-5-17(6-10-19)16-3-7-18(8-4-16)24(25,26)27/h3-12,15H,13-14H2,1-2H3,(H,28,30)/t15-/m1/s1. The number of thiophene rings is 1. The minimum atomic E-state index is -4.36. The fraction of sp³-hybridized carbons (Fsp3) is 0.250. The fourth-order valence-corrected chi connectivity index (χ4v) is 3.91. The summed E-state index contributed by atoms with van der Waals surface area (Å²) in [5, 5.41) is 2.67. The SMILES string of the molecule is COC(=O)CCNC(=O)c1ccc([C@@H](C)Oc2ccc(-c3ccc(C(F)(F)F)cc3)cc2)s1. The second kappa shape index (κ2) is 10.5. The molecule has 0 bridgehead atoms. The van der Waals surface area contributed by atoms with Crippen LogP contribution in [0.1, 0.15) is 39.6 Å². The summed E-state index contributed by atoms with van der Waals surface area (Å²) >= 11 is 1.29. The lowest BCUT2D eigenvalue weighted by molar-refractivity contribution is -0.140. The van der Waals surface area contributed by atoms with E-state index < -0.39 is 17.7 Å². The van der Waals surface area contributed by atoms with Crippen molar-refractivity contribution in [3.63, 3.8) is 0 Å². The minimum Gasteiger partial charge on any atom is -0.485 e. The Morgan fingerprint density at radius 1 is 0.970 bits per heavy atom. The highest BCUT2D eigenvalue weighted by molar-refractivity contribution is 7.14. The van der Waals surface area contributed by atoms with E-state index in [0.717, 1.165) is 22.6 Å². The average Bonchev–Trinajstić information content (AvgIpc) is 3.29. The lowest BCUT2D eigenvalue weighted by Gasteiger charge is -2.14. The maximum absolute atomic E-state index is 12.7. The van der Waals surface area contributed by atoms with E-state index in [2.05, 4.69) is 10.1 Å². The maximum Gasteiger partial charge on any atom is 0.416 e. The van der Waals surface area contributed by atoms with E-state index in [-0.39, 0.29) is 25.0 Å². The lowest BCUT2D eigenvalue weighted by Crippen LogP contribution is -2.25. The van der Waals surface area contributed by atoms with E-state index in [1.54, 1.807) is 36.4 Å². The first kappa shape index (κ1) is 24.3. The molecule has 174 valence electrons. The molecule has 3 rings (SSSR count). The summed E-state index contributed by atoms with van der Waals surface area (Å²) in [6.07, 6.45) is -4.58. The third-order valence-electron chi connectivity index (χ3n) is 4.81. The summed E-state index contributed by atoms with van der Waals surface area (Å²) < 4.78 is 48.7. The highest BCUT2D eigenvalue weighted by Crippen LogP contribution is 2.32. The van der Waals surface area contributed by atoms with Crippen molar-refractivity contribution < 1.29 is 32.2 Å². The highest BCUT2D eigenvalue weighted by Gasteiger charge is 2.29. The van der Waals surface area contributed by atoms with Gasteiger partial charge in [-0.25, -0.2) is 0 Å². The Hall–Kier alpha value is -3.33. The van der Waals surface area contributed by atoms with Gasteiger partial charge in [-0.2, -0.15) is 13.2 Å². The van der Waals surface area contributed by atoms with Crippen molar-refractivity contribution in [2.45, 2.75) is 25.6 Å². The molecule has 0 aliphatic rings. The van der Waals surface area contributed by atoms with Gasteiger partial charge in [-0.15, -0.1) is 11.3 Å². The van der Waals surface area contributed by atoms with Gasteiger partial charge < -0.3 is 14.8 Å². The third-order valence-corrected chi connectivity index (χ3v) is 6.05. The number of esters is 1. The molecule has 0 saturated carbocycles. The number of hydrogen-bond donors (Lipinski definition) is 1. The molecule has 5 nitrogen and oxygen atoms in total. The van der Waals surface area contributed by atoms with Crippen molar-refractivity contribution in [1.82, 2.24) is 5.32 Å². The van der Waals surface area contributed by atoms with Crippen LogP contribution in [0.4, 0.5) is 13.2 Å². The van der Waals surface area contributed by atoms with Crippen molar-refractivity contribution in [2.24, 2.45) is 0 Å². The van der Waals surface area contributed by atoms with E-state index >= 15 is 0 Å². The van der Waals surface area contributed by atoms with E-state index in [0.29, 0.717) is 16.2 Å². The normalized spacial score (nSPS) is 12.2. The molecule has 0 fully saturated rings. The van der Waals surface area contributed by atoms with Crippen LogP contribution in [-0.4, -0.2) is 25.5 Å². The van der Waals surface area contributed by atoms with Crippen LogP contribution < -0.4 is 10.1 Å². The Bertz CT molecular complexity index is 1090. The second-order valence-corrected chi connectivity index (χ2v) is 8.26. The molecule has 0 aliphatic heterocycles. The number of alkyl halides is 3. The maximum atomic E-state index is 12.7. The Morgan fingerprint density at radius 2 is 1.58 bits per heavy atom. The molecule has 9 heteroatoms. The van der Waals surface area contributed by atoms with E-state index in [9.17, 15) is 22.8 Å². The highest BCUT2D eigenvalue weighted by atomic mass is 32.1. The topological polar surface area (TPSA) is 64.6 Å². The van der Waals surface area contributed by atoms with Gasteiger partial charge in [0.15, 0.2) is 0 Å². The van der Waals surface area contributed by atoms with Gasteiger partial charge in [-0.1, -0.05) is 24.3 Å². The summed E-state index contributed by atoms with van der Waals surface area (Å²) in [6, 6.07) is 15.5. The van der Waals surface area contributed by atoms with Crippen molar-refractivity contribution >= 4 is 23.2 Å². The first-order valence-electron chi connectivity index (χ1n) is 10.1. The summed E-state index contributed by atoms with van der Waals surface area (Å²) in [5.74, 6) is -0.0765. The van der Waals surface area contributed by atoms with Gasteiger partial charge in [0.25, 0.3) is 5.91 Å². The number of methoxy groups -OCH3 is 1. The van der Waals surface area contributed by atoms with E-state index in [1.807, 2.05) is 6.92 Å². The van der Waals surface area contributed by atoms with Crippen LogP contribution in [0, 0.1) is 0 Å². The number of halogens is 3. The van der Waals surface area contributed by atoms with Crippen LogP contribution in [0.15, 0.2) is 60.7 Å². The first-order valence-corrected chi connectivity index (χ1v) is 10.9. The van der Waals surface area contributed by atoms with Crippen molar-refractivity contribution in [2.75, 3.05) is 13.7 Å². The van der Waals surface area contributed by atoms with Gasteiger partial charge in [0.1, 0.15) is 11.9 Å². The Labute approximate surface area is 193 Å². The van der Waals surface area contributed by atoms with Crippen LogP contribution in [0.25, 0.3) is 11.1 Å². The Balaban J connectivity index is 1.58. The smallest absolute Gasteiger partial charge is 0.416 e. The average molecular weight is 478 g/mol. The van der Waals surface area contributed by atoms with Crippen LogP contribution in [0.3, 0.4) is 0 Å². The summed E-state index contributed by atoms with van der Waals surface area (Å²) in [7, 11) is 1.29. The molecule has 1 N–H and O–H groups in total. The Kier molecular flexibility index (Phi) is 7.75. The number of amides is 1. The molecule has 0 aliphatic carbocycles. The van der Waals surface area contributed by atoms with Gasteiger partial charge in [0.2, 0.25) is 0 Å². The predicted molar refractivity (Wildman–Crippen MR) is 119 cm³/mol. The fourth-order valence-electron chi connectivity index (χ4n) is 3.00. The van der Waals surface area contributed by atoms with Gasteiger partial charge in [-0.3, -0.25) is 9.59 Å². The number of carbonyl (C=O) groups excluding carboxylic acids is 2. The molecule has 33 heavy (non-hydrogen) atoms. The first-order chi connectivity index (χ1) is 15.7. The molecule has 0 radical (unpaired) electrons. The van der Waals surface area contributed by atoms with Crippen LogP contribution in [0.5, 0.6) is 5.75 Å². The summed E-state index contributed by atoms with van der Waals surface area (Å²) in [4.78, 5) is 24.7. The second-order valence-electron chi connectivity index (χ2n) is 7.14. The van der Waals surface area contributed by atoms with Gasteiger partial charge >= 0.3 is 12.1 Å².